The van der Waals surface area contributed by atoms with Gasteiger partial charge < -0.3 is 21.5 Å². The van der Waals surface area contributed by atoms with Crippen LogP contribution in [0.25, 0.3) is 11.1 Å². The first kappa shape index (κ1) is 28.9. The molecule has 0 aliphatic rings. The van der Waals surface area contributed by atoms with E-state index in [4.69, 9.17) is 17.3 Å². The summed E-state index contributed by atoms with van der Waals surface area (Å²) < 4.78 is 0. The minimum absolute atomic E-state index is 0.0490. The lowest BCUT2D eigenvalue weighted by atomic mass is 10.0. The standard InChI is InChI=1S/C24H29ClN4O3.C2H6/c1-6-7-17(13(2)3)21(30)24(32)29-16-8-9-18(20(25)11-16)15-10-19(22(26)27-12-15)23(31)28-14(4)5;1-2/h6-12,14,21,30H,1-5H3,(H2,26,27)(H,28,31)(H,29,32);1-2H3/b7-6-;. The van der Waals surface area contributed by atoms with Crippen molar-refractivity contribution < 1.29 is 14.7 Å². The fourth-order valence-electron chi connectivity index (χ4n) is 3.03. The van der Waals surface area contributed by atoms with Crippen LogP contribution in [-0.2, 0) is 4.79 Å². The summed E-state index contributed by atoms with van der Waals surface area (Å²) in [5.74, 6) is -0.765. The second kappa shape index (κ2) is 13.5. The Labute approximate surface area is 207 Å². The fraction of sp³-hybridized carbons (Fsp3) is 0.346. The summed E-state index contributed by atoms with van der Waals surface area (Å²) in [6.07, 6.45) is 3.69. The van der Waals surface area contributed by atoms with Crippen LogP contribution in [0.2, 0.25) is 5.02 Å². The largest absolute Gasteiger partial charge is 0.383 e. The molecular weight excluding hydrogens is 452 g/mol. The lowest BCUT2D eigenvalue weighted by Crippen LogP contribution is -2.30. The Bertz CT molecular complexity index is 1070. The monoisotopic (exact) mass is 486 g/mol. The van der Waals surface area contributed by atoms with E-state index in [0.29, 0.717) is 27.4 Å². The van der Waals surface area contributed by atoms with Crippen LogP contribution in [0.3, 0.4) is 0 Å². The second-order valence-corrected chi connectivity index (χ2v) is 8.23. The number of aliphatic hydroxyl groups excluding tert-OH is 1. The lowest BCUT2D eigenvalue weighted by molar-refractivity contribution is -0.122. The molecule has 0 fully saturated rings. The molecule has 2 rings (SSSR count). The lowest BCUT2D eigenvalue weighted by Gasteiger charge is -2.15. The maximum absolute atomic E-state index is 12.5. The molecule has 2 amide bonds. The smallest absolute Gasteiger partial charge is 0.257 e. The second-order valence-electron chi connectivity index (χ2n) is 7.83. The Hall–Kier alpha value is -3.16. The number of rotatable bonds is 7. The van der Waals surface area contributed by atoms with Crippen molar-refractivity contribution in [1.29, 1.82) is 0 Å². The summed E-state index contributed by atoms with van der Waals surface area (Å²) in [5, 5.41) is 16.2. The number of pyridine rings is 1. The summed E-state index contributed by atoms with van der Waals surface area (Å²) in [4.78, 5) is 29.0. The molecule has 2 aromatic rings. The number of allylic oxidation sites excluding steroid dienone is 2. The van der Waals surface area contributed by atoms with Crippen molar-refractivity contribution in [3.63, 3.8) is 0 Å². The maximum atomic E-state index is 12.5. The predicted molar refractivity (Wildman–Crippen MR) is 141 cm³/mol. The third kappa shape index (κ3) is 7.71. The summed E-state index contributed by atoms with van der Waals surface area (Å²) >= 11 is 6.45. The van der Waals surface area contributed by atoms with Gasteiger partial charge in [-0.1, -0.05) is 49.2 Å². The molecule has 7 nitrogen and oxygen atoms in total. The van der Waals surface area contributed by atoms with Crippen LogP contribution in [-0.4, -0.2) is 34.1 Å². The number of benzene rings is 1. The molecule has 0 bridgehead atoms. The molecule has 0 aliphatic heterocycles. The number of nitrogens with zero attached hydrogens (tertiary/aromatic N) is 1. The summed E-state index contributed by atoms with van der Waals surface area (Å²) in [5.41, 5.74) is 9.16. The van der Waals surface area contributed by atoms with Gasteiger partial charge in [0.05, 0.1) is 10.6 Å². The van der Waals surface area contributed by atoms with Gasteiger partial charge in [-0.15, -0.1) is 0 Å². The Morgan fingerprint density at radius 2 is 1.82 bits per heavy atom. The van der Waals surface area contributed by atoms with Gasteiger partial charge in [0.15, 0.2) is 6.10 Å². The number of carbonyl (C=O) groups is 2. The highest BCUT2D eigenvalue weighted by Gasteiger charge is 2.20. The number of halogens is 1. The van der Waals surface area contributed by atoms with Crippen LogP contribution in [0.1, 0.15) is 58.8 Å². The van der Waals surface area contributed by atoms with Crippen molar-refractivity contribution in [2.24, 2.45) is 0 Å². The molecule has 0 aliphatic carbocycles. The van der Waals surface area contributed by atoms with Gasteiger partial charge in [0.25, 0.3) is 11.8 Å². The van der Waals surface area contributed by atoms with Crippen LogP contribution >= 0.6 is 11.6 Å². The van der Waals surface area contributed by atoms with E-state index in [-0.39, 0.29) is 23.3 Å². The Morgan fingerprint density at radius 3 is 2.35 bits per heavy atom. The highest BCUT2D eigenvalue weighted by molar-refractivity contribution is 6.33. The zero-order chi connectivity index (χ0) is 26.0. The van der Waals surface area contributed by atoms with Gasteiger partial charge >= 0.3 is 0 Å². The molecule has 184 valence electrons. The minimum Gasteiger partial charge on any atom is -0.383 e. The van der Waals surface area contributed by atoms with E-state index in [9.17, 15) is 14.7 Å². The average Bonchev–Trinajstić information content (AvgIpc) is 2.78. The summed E-state index contributed by atoms with van der Waals surface area (Å²) in [6, 6.07) is 6.51. The first-order valence-corrected chi connectivity index (χ1v) is 11.6. The van der Waals surface area contributed by atoms with Gasteiger partial charge in [0.2, 0.25) is 0 Å². The molecule has 1 atom stereocenters. The normalized spacial score (nSPS) is 11.5. The number of aromatic nitrogens is 1. The maximum Gasteiger partial charge on any atom is 0.257 e. The highest BCUT2D eigenvalue weighted by atomic mass is 35.5. The molecule has 0 radical (unpaired) electrons. The van der Waals surface area contributed by atoms with E-state index in [1.165, 1.54) is 6.20 Å². The molecule has 1 unspecified atom stereocenters. The average molecular weight is 487 g/mol. The van der Waals surface area contributed by atoms with E-state index in [2.05, 4.69) is 15.6 Å². The SMILES string of the molecule is C/C=C\C(=C(C)C)C(O)C(=O)Nc1ccc(-c2cnc(N)c(C(=O)NC(C)C)c2)c(Cl)c1.CC. The Balaban J connectivity index is 0.00000281. The van der Waals surface area contributed by atoms with E-state index in [1.54, 1.807) is 36.4 Å². The number of anilines is 2. The number of hydrogen-bond donors (Lipinski definition) is 4. The summed E-state index contributed by atoms with van der Waals surface area (Å²) in [6.45, 7) is 13.2. The number of amides is 2. The molecule has 5 N–H and O–H groups in total. The van der Waals surface area contributed by atoms with Gasteiger partial charge in [0, 0.05) is 29.1 Å². The number of carbonyl (C=O) groups excluding carboxylic acids is 2. The first-order chi connectivity index (χ1) is 16.0. The van der Waals surface area contributed by atoms with Crippen molar-refractivity contribution in [3.8, 4) is 11.1 Å². The quantitative estimate of drug-likeness (QED) is 0.393. The first-order valence-electron chi connectivity index (χ1n) is 11.2. The van der Waals surface area contributed by atoms with Crippen LogP contribution in [0, 0.1) is 0 Å². The highest BCUT2D eigenvalue weighted by Crippen LogP contribution is 2.31. The molecule has 0 saturated carbocycles. The molecular formula is C26H35ClN4O3. The van der Waals surface area contributed by atoms with Gasteiger partial charge in [-0.25, -0.2) is 4.98 Å². The van der Waals surface area contributed by atoms with Crippen LogP contribution in [0.15, 0.2) is 53.8 Å². The van der Waals surface area contributed by atoms with E-state index in [1.807, 2.05) is 48.5 Å². The van der Waals surface area contributed by atoms with Gasteiger partial charge in [-0.05, 0) is 58.4 Å². The minimum atomic E-state index is -1.31. The predicted octanol–water partition coefficient (Wildman–Crippen LogP) is 5.36. The van der Waals surface area contributed by atoms with Gasteiger partial charge in [-0.2, -0.15) is 0 Å². The Morgan fingerprint density at radius 1 is 1.18 bits per heavy atom. The van der Waals surface area contributed by atoms with Crippen molar-refractivity contribution in [3.05, 3.63) is 64.3 Å². The topological polar surface area (TPSA) is 117 Å². The number of aliphatic hydroxyl groups is 1. The molecule has 1 aromatic carbocycles. The van der Waals surface area contributed by atoms with Crippen molar-refractivity contribution in [1.82, 2.24) is 10.3 Å². The van der Waals surface area contributed by atoms with Crippen LogP contribution < -0.4 is 16.4 Å². The molecule has 0 saturated heterocycles. The molecule has 34 heavy (non-hydrogen) atoms. The summed E-state index contributed by atoms with van der Waals surface area (Å²) in [7, 11) is 0. The number of nitrogen functional groups attached to an aromatic ring is 1. The molecule has 0 spiro atoms. The number of nitrogens with one attached hydrogen (secondary N) is 2. The van der Waals surface area contributed by atoms with Crippen LogP contribution in [0.5, 0.6) is 0 Å². The fourth-order valence-corrected chi connectivity index (χ4v) is 3.32. The molecule has 1 aromatic heterocycles. The number of hydrogen-bond acceptors (Lipinski definition) is 5. The number of nitrogens with two attached hydrogens (primary N) is 1. The zero-order valence-corrected chi connectivity index (χ0v) is 21.6. The van der Waals surface area contributed by atoms with Gasteiger partial charge in [0.1, 0.15) is 5.82 Å². The van der Waals surface area contributed by atoms with Gasteiger partial charge in [-0.3, -0.25) is 9.59 Å². The van der Waals surface area contributed by atoms with Crippen molar-refractivity contribution in [2.75, 3.05) is 11.1 Å². The molecule has 1 heterocycles. The van der Waals surface area contributed by atoms with E-state index in [0.717, 1.165) is 5.57 Å². The van der Waals surface area contributed by atoms with E-state index < -0.39 is 12.0 Å². The van der Waals surface area contributed by atoms with E-state index >= 15 is 0 Å². The van der Waals surface area contributed by atoms with Crippen LogP contribution in [0.4, 0.5) is 11.5 Å². The third-order valence-corrected chi connectivity index (χ3v) is 4.91. The molecule has 8 heteroatoms. The van der Waals surface area contributed by atoms with Crippen molar-refractivity contribution >= 4 is 34.9 Å². The third-order valence-electron chi connectivity index (χ3n) is 4.60. The zero-order valence-electron chi connectivity index (χ0n) is 20.9. The van der Waals surface area contributed by atoms with Crippen molar-refractivity contribution in [2.45, 2.75) is 60.6 Å². The Kier molecular flexibility index (Phi) is 11.5.